The quantitative estimate of drug-likeness (QED) is 0.721. The van der Waals surface area contributed by atoms with Gasteiger partial charge in [0.15, 0.2) is 0 Å². The Balaban J connectivity index is 2.15. The van der Waals surface area contributed by atoms with Gasteiger partial charge in [0.05, 0.1) is 11.6 Å². The highest BCUT2D eigenvalue weighted by molar-refractivity contribution is 5.57. The van der Waals surface area contributed by atoms with E-state index in [9.17, 15) is 5.11 Å². The topological polar surface area (TPSA) is 58.3 Å². The first-order valence-corrected chi connectivity index (χ1v) is 5.96. The van der Waals surface area contributed by atoms with E-state index in [4.69, 9.17) is 5.73 Å². The first-order valence-electron chi connectivity index (χ1n) is 5.96. The van der Waals surface area contributed by atoms with Crippen molar-refractivity contribution in [2.75, 3.05) is 11.9 Å². The van der Waals surface area contributed by atoms with Gasteiger partial charge >= 0.3 is 0 Å². The molecule has 2 unspecified atom stereocenters. The minimum Gasteiger partial charge on any atom is -0.386 e. The number of fused-ring (bicyclic) bond motifs is 1. The largest absolute Gasteiger partial charge is 0.386 e. The van der Waals surface area contributed by atoms with Crippen molar-refractivity contribution in [2.45, 2.75) is 37.8 Å². The normalized spacial score (nSPS) is 22.3. The van der Waals surface area contributed by atoms with Gasteiger partial charge in [-0.1, -0.05) is 31.5 Å². The number of aliphatic hydroxyl groups is 1. The van der Waals surface area contributed by atoms with E-state index in [0.717, 1.165) is 24.9 Å². The number of rotatable bonds is 4. The lowest BCUT2D eigenvalue weighted by molar-refractivity contribution is 0.0221. The lowest BCUT2D eigenvalue weighted by Gasteiger charge is -2.33. The van der Waals surface area contributed by atoms with E-state index in [1.165, 1.54) is 5.56 Å². The Labute approximate surface area is 96.7 Å². The standard InChI is InChI=1S/C13H20N2O/c1-2-7-13(16,9-14)12-8-10-5-3-4-6-11(10)15-12/h3-6,12,15-16H,2,7-9,14H2,1H3. The summed E-state index contributed by atoms with van der Waals surface area (Å²) < 4.78 is 0. The molecular weight excluding hydrogens is 200 g/mol. The maximum absolute atomic E-state index is 10.5. The van der Waals surface area contributed by atoms with Crippen LogP contribution in [0.25, 0.3) is 0 Å². The second-order valence-corrected chi connectivity index (χ2v) is 4.62. The summed E-state index contributed by atoms with van der Waals surface area (Å²) >= 11 is 0. The van der Waals surface area contributed by atoms with Crippen LogP contribution in [0.2, 0.25) is 0 Å². The Morgan fingerprint density at radius 2 is 2.25 bits per heavy atom. The molecule has 88 valence electrons. The van der Waals surface area contributed by atoms with Crippen LogP contribution < -0.4 is 11.1 Å². The highest BCUT2D eigenvalue weighted by Crippen LogP contribution is 2.32. The van der Waals surface area contributed by atoms with Gasteiger partial charge in [0.2, 0.25) is 0 Å². The molecule has 0 saturated heterocycles. The van der Waals surface area contributed by atoms with Gasteiger partial charge in [-0.3, -0.25) is 0 Å². The predicted molar refractivity (Wildman–Crippen MR) is 66.5 cm³/mol. The zero-order valence-electron chi connectivity index (χ0n) is 9.74. The highest BCUT2D eigenvalue weighted by Gasteiger charge is 2.38. The van der Waals surface area contributed by atoms with Crippen molar-refractivity contribution in [3.05, 3.63) is 29.8 Å². The van der Waals surface area contributed by atoms with Crippen LogP contribution in [-0.2, 0) is 6.42 Å². The first-order chi connectivity index (χ1) is 7.69. The van der Waals surface area contributed by atoms with Gasteiger partial charge < -0.3 is 16.2 Å². The van der Waals surface area contributed by atoms with E-state index in [1.54, 1.807) is 0 Å². The SMILES string of the molecule is CCCC(O)(CN)C1Cc2ccccc2N1. The number of nitrogens with one attached hydrogen (secondary N) is 1. The van der Waals surface area contributed by atoms with E-state index in [-0.39, 0.29) is 6.04 Å². The molecular formula is C13H20N2O. The summed E-state index contributed by atoms with van der Waals surface area (Å²) in [5.74, 6) is 0. The number of anilines is 1. The van der Waals surface area contributed by atoms with Crippen molar-refractivity contribution < 1.29 is 5.11 Å². The summed E-state index contributed by atoms with van der Waals surface area (Å²) in [4.78, 5) is 0. The highest BCUT2D eigenvalue weighted by atomic mass is 16.3. The van der Waals surface area contributed by atoms with Gasteiger partial charge in [0, 0.05) is 12.2 Å². The maximum atomic E-state index is 10.5. The minimum atomic E-state index is -0.784. The molecule has 2 rings (SSSR count). The maximum Gasteiger partial charge on any atom is 0.0972 e. The molecule has 1 aromatic rings. The lowest BCUT2D eigenvalue weighted by Crippen LogP contribution is -2.51. The van der Waals surface area contributed by atoms with Crippen LogP contribution in [0.4, 0.5) is 5.69 Å². The smallest absolute Gasteiger partial charge is 0.0972 e. The third kappa shape index (κ3) is 1.93. The van der Waals surface area contributed by atoms with Crippen molar-refractivity contribution in [3.8, 4) is 0 Å². The van der Waals surface area contributed by atoms with Gasteiger partial charge in [-0.25, -0.2) is 0 Å². The Kier molecular flexibility index (Phi) is 3.17. The van der Waals surface area contributed by atoms with Crippen molar-refractivity contribution in [1.82, 2.24) is 0 Å². The van der Waals surface area contributed by atoms with Gasteiger partial charge in [0.25, 0.3) is 0 Å². The second kappa shape index (κ2) is 4.44. The summed E-state index contributed by atoms with van der Waals surface area (Å²) in [5, 5.41) is 13.9. The number of benzene rings is 1. The molecule has 2 atom stereocenters. The molecule has 1 heterocycles. The summed E-state index contributed by atoms with van der Waals surface area (Å²) in [7, 11) is 0. The second-order valence-electron chi connectivity index (χ2n) is 4.62. The average Bonchev–Trinajstić information content (AvgIpc) is 2.73. The molecule has 0 aliphatic carbocycles. The summed E-state index contributed by atoms with van der Waals surface area (Å²) in [6.07, 6.45) is 2.56. The molecule has 0 fully saturated rings. The monoisotopic (exact) mass is 220 g/mol. The van der Waals surface area contributed by atoms with Gasteiger partial charge in [-0.05, 0) is 24.5 Å². The van der Waals surface area contributed by atoms with E-state index in [1.807, 2.05) is 12.1 Å². The van der Waals surface area contributed by atoms with Crippen LogP contribution in [-0.4, -0.2) is 23.3 Å². The van der Waals surface area contributed by atoms with Crippen LogP contribution in [0.15, 0.2) is 24.3 Å². The zero-order valence-corrected chi connectivity index (χ0v) is 9.74. The fourth-order valence-electron chi connectivity index (χ4n) is 2.47. The molecule has 0 amide bonds. The molecule has 16 heavy (non-hydrogen) atoms. The summed E-state index contributed by atoms with van der Waals surface area (Å²) in [6.45, 7) is 2.38. The van der Waals surface area contributed by atoms with E-state index < -0.39 is 5.60 Å². The van der Waals surface area contributed by atoms with Gasteiger partial charge in [0.1, 0.15) is 0 Å². The summed E-state index contributed by atoms with van der Waals surface area (Å²) in [5.41, 5.74) is 7.34. The predicted octanol–water partition coefficient (Wildman–Crippen LogP) is 1.51. The molecule has 4 N–H and O–H groups in total. The first kappa shape index (κ1) is 11.4. The van der Waals surface area contributed by atoms with Gasteiger partial charge in [-0.2, -0.15) is 0 Å². The minimum absolute atomic E-state index is 0.0508. The van der Waals surface area contributed by atoms with Crippen molar-refractivity contribution in [2.24, 2.45) is 5.73 Å². The number of hydrogen-bond acceptors (Lipinski definition) is 3. The molecule has 0 radical (unpaired) electrons. The molecule has 0 spiro atoms. The van der Waals surface area contributed by atoms with Crippen molar-refractivity contribution in [1.29, 1.82) is 0 Å². The van der Waals surface area contributed by atoms with Crippen LogP contribution >= 0.6 is 0 Å². The molecule has 1 aliphatic heterocycles. The van der Waals surface area contributed by atoms with Crippen LogP contribution in [0.1, 0.15) is 25.3 Å². The van der Waals surface area contributed by atoms with Crippen LogP contribution in [0, 0.1) is 0 Å². The molecule has 0 bridgehead atoms. The molecule has 3 nitrogen and oxygen atoms in total. The van der Waals surface area contributed by atoms with E-state index in [2.05, 4.69) is 24.4 Å². The van der Waals surface area contributed by atoms with Crippen molar-refractivity contribution in [3.63, 3.8) is 0 Å². The Bertz CT molecular complexity index is 342. The number of para-hydroxylation sites is 1. The molecule has 1 aliphatic rings. The fourth-order valence-corrected chi connectivity index (χ4v) is 2.47. The van der Waals surface area contributed by atoms with E-state index >= 15 is 0 Å². The number of nitrogens with two attached hydrogens (primary N) is 1. The van der Waals surface area contributed by atoms with E-state index in [0.29, 0.717) is 6.54 Å². The van der Waals surface area contributed by atoms with Crippen LogP contribution in [0.5, 0.6) is 0 Å². The van der Waals surface area contributed by atoms with Gasteiger partial charge in [-0.15, -0.1) is 0 Å². The Hall–Kier alpha value is -1.06. The Morgan fingerprint density at radius 1 is 1.50 bits per heavy atom. The molecule has 0 aromatic heterocycles. The van der Waals surface area contributed by atoms with Crippen LogP contribution in [0.3, 0.4) is 0 Å². The third-order valence-corrected chi connectivity index (χ3v) is 3.46. The number of hydrogen-bond donors (Lipinski definition) is 3. The summed E-state index contributed by atoms with van der Waals surface area (Å²) in [6, 6.07) is 8.25. The third-order valence-electron chi connectivity index (χ3n) is 3.46. The Morgan fingerprint density at radius 3 is 2.88 bits per heavy atom. The fraction of sp³-hybridized carbons (Fsp3) is 0.538. The molecule has 0 saturated carbocycles. The van der Waals surface area contributed by atoms with Crippen molar-refractivity contribution >= 4 is 5.69 Å². The average molecular weight is 220 g/mol. The lowest BCUT2D eigenvalue weighted by atomic mass is 9.87. The molecule has 3 heteroatoms. The zero-order chi connectivity index (χ0) is 11.6. The molecule has 1 aromatic carbocycles.